The second-order valence-corrected chi connectivity index (χ2v) is 5.71. The number of piperidine rings is 1. The highest BCUT2D eigenvalue weighted by Gasteiger charge is 2.23. The van der Waals surface area contributed by atoms with Gasteiger partial charge in [-0.15, -0.1) is 0 Å². The number of anilines is 1. The van der Waals surface area contributed by atoms with Crippen LogP contribution in [-0.2, 0) is 11.2 Å². The smallest absolute Gasteiger partial charge is 0.124 e. The van der Waals surface area contributed by atoms with E-state index < -0.39 is 6.17 Å². The van der Waals surface area contributed by atoms with Gasteiger partial charge < -0.3 is 9.69 Å². The molecule has 1 fully saturated rings. The number of aromatic nitrogens is 1. The van der Waals surface area contributed by atoms with Crippen LogP contribution in [0.5, 0.6) is 0 Å². The SMILES string of the molecule is O=CCc1cc(Cl)c2cccnc2c1N1CCC(F)CC1. The van der Waals surface area contributed by atoms with Gasteiger partial charge >= 0.3 is 0 Å². The molecule has 110 valence electrons. The molecule has 1 saturated heterocycles. The highest BCUT2D eigenvalue weighted by Crippen LogP contribution is 2.36. The van der Waals surface area contributed by atoms with Crippen molar-refractivity contribution < 1.29 is 9.18 Å². The van der Waals surface area contributed by atoms with Gasteiger partial charge in [-0.05, 0) is 36.6 Å². The Kier molecular flexibility index (Phi) is 4.06. The zero-order chi connectivity index (χ0) is 14.8. The summed E-state index contributed by atoms with van der Waals surface area (Å²) in [5.74, 6) is 0. The minimum absolute atomic E-state index is 0.289. The van der Waals surface area contributed by atoms with Crippen molar-refractivity contribution in [2.24, 2.45) is 0 Å². The average molecular weight is 307 g/mol. The number of aldehydes is 1. The Hall–Kier alpha value is -1.68. The Balaban J connectivity index is 2.15. The first-order valence-electron chi connectivity index (χ1n) is 7.09. The molecule has 3 rings (SSSR count). The van der Waals surface area contributed by atoms with Gasteiger partial charge in [-0.2, -0.15) is 0 Å². The molecule has 1 aliphatic rings. The van der Waals surface area contributed by atoms with Gasteiger partial charge in [-0.1, -0.05) is 11.6 Å². The Labute approximate surface area is 127 Å². The molecule has 0 unspecified atom stereocenters. The molecule has 0 atom stereocenters. The number of alkyl halides is 1. The van der Waals surface area contributed by atoms with E-state index in [4.69, 9.17) is 11.6 Å². The maximum absolute atomic E-state index is 13.4. The first kappa shape index (κ1) is 14.3. The van der Waals surface area contributed by atoms with Crippen LogP contribution in [0.4, 0.5) is 10.1 Å². The summed E-state index contributed by atoms with van der Waals surface area (Å²) in [6.45, 7) is 1.28. The van der Waals surface area contributed by atoms with E-state index in [9.17, 15) is 9.18 Å². The standard InChI is InChI=1S/C16H16ClFN2O/c17-14-10-11(5-9-21)16(15-13(14)2-1-6-19-15)20-7-3-12(18)4-8-20/h1-2,6,9-10,12H,3-5,7-8H2. The fourth-order valence-corrected chi connectivity index (χ4v) is 3.19. The minimum atomic E-state index is -0.734. The van der Waals surface area contributed by atoms with Crippen molar-refractivity contribution >= 4 is 34.5 Å². The number of rotatable bonds is 3. The molecule has 0 aliphatic carbocycles. The summed E-state index contributed by atoms with van der Waals surface area (Å²) in [7, 11) is 0. The molecule has 1 aromatic carbocycles. The van der Waals surface area contributed by atoms with E-state index in [1.54, 1.807) is 6.20 Å². The predicted molar refractivity (Wildman–Crippen MR) is 82.9 cm³/mol. The first-order chi connectivity index (χ1) is 10.2. The van der Waals surface area contributed by atoms with E-state index >= 15 is 0 Å². The molecule has 21 heavy (non-hydrogen) atoms. The van der Waals surface area contributed by atoms with Crippen molar-refractivity contribution in [3.63, 3.8) is 0 Å². The molecule has 3 nitrogen and oxygen atoms in total. The number of fused-ring (bicyclic) bond motifs is 1. The van der Waals surface area contributed by atoms with Gasteiger partial charge in [-0.3, -0.25) is 4.98 Å². The summed E-state index contributed by atoms with van der Waals surface area (Å²) < 4.78 is 13.4. The first-order valence-corrected chi connectivity index (χ1v) is 7.47. The molecular weight excluding hydrogens is 291 g/mol. The zero-order valence-electron chi connectivity index (χ0n) is 11.6. The molecule has 0 bridgehead atoms. The van der Waals surface area contributed by atoms with Gasteiger partial charge in [0.2, 0.25) is 0 Å². The highest BCUT2D eigenvalue weighted by atomic mass is 35.5. The van der Waals surface area contributed by atoms with Crippen LogP contribution in [0.1, 0.15) is 18.4 Å². The third kappa shape index (κ3) is 2.72. The maximum atomic E-state index is 13.4. The van der Waals surface area contributed by atoms with Crippen LogP contribution in [0.15, 0.2) is 24.4 Å². The summed E-state index contributed by atoms with van der Waals surface area (Å²) >= 11 is 6.30. The van der Waals surface area contributed by atoms with Crippen LogP contribution in [0.2, 0.25) is 5.02 Å². The number of nitrogens with zero attached hydrogens (tertiary/aromatic N) is 2. The second kappa shape index (κ2) is 5.98. The fraction of sp³-hybridized carbons (Fsp3) is 0.375. The second-order valence-electron chi connectivity index (χ2n) is 5.30. The fourth-order valence-electron chi connectivity index (χ4n) is 2.91. The van der Waals surface area contributed by atoms with Crippen LogP contribution >= 0.6 is 11.6 Å². The van der Waals surface area contributed by atoms with Gasteiger partial charge in [0, 0.05) is 31.1 Å². The minimum Gasteiger partial charge on any atom is -0.369 e. The van der Waals surface area contributed by atoms with E-state index in [1.165, 1.54) is 0 Å². The maximum Gasteiger partial charge on any atom is 0.124 e. The number of halogens is 2. The van der Waals surface area contributed by atoms with E-state index in [0.717, 1.165) is 28.4 Å². The van der Waals surface area contributed by atoms with Gasteiger partial charge in [-0.25, -0.2) is 4.39 Å². The Bertz CT molecular complexity index is 669. The summed E-state index contributed by atoms with van der Waals surface area (Å²) in [5, 5.41) is 1.46. The molecule has 0 radical (unpaired) electrons. The molecule has 0 N–H and O–H groups in total. The number of carbonyl (C=O) groups is 1. The van der Waals surface area contributed by atoms with Crippen molar-refractivity contribution in [1.29, 1.82) is 0 Å². The van der Waals surface area contributed by atoms with Gasteiger partial charge in [0.15, 0.2) is 0 Å². The molecular formula is C16H16ClFN2O. The number of carbonyl (C=O) groups excluding carboxylic acids is 1. The quantitative estimate of drug-likeness (QED) is 0.813. The summed E-state index contributed by atoms with van der Waals surface area (Å²) in [6.07, 6.45) is 3.16. The topological polar surface area (TPSA) is 33.2 Å². The van der Waals surface area contributed by atoms with Crippen LogP contribution in [0.3, 0.4) is 0 Å². The summed E-state index contributed by atoms with van der Waals surface area (Å²) in [5.41, 5.74) is 2.58. The lowest BCUT2D eigenvalue weighted by Gasteiger charge is -2.32. The number of benzene rings is 1. The van der Waals surface area contributed by atoms with Gasteiger partial charge in [0.05, 0.1) is 16.2 Å². The molecule has 2 heterocycles. The van der Waals surface area contributed by atoms with Gasteiger partial charge in [0.25, 0.3) is 0 Å². The highest BCUT2D eigenvalue weighted by molar-refractivity contribution is 6.36. The molecule has 5 heteroatoms. The van der Waals surface area contributed by atoms with Crippen molar-refractivity contribution in [2.45, 2.75) is 25.4 Å². The lowest BCUT2D eigenvalue weighted by Crippen LogP contribution is -2.35. The molecule has 0 saturated carbocycles. The Morgan fingerprint density at radius 3 is 2.90 bits per heavy atom. The largest absolute Gasteiger partial charge is 0.369 e. The Morgan fingerprint density at radius 2 is 2.19 bits per heavy atom. The third-order valence-electron chi connectivity index (χ3n) is 3.94. The molecule has 0 spiro atoms. The van der Waals surface area contributed by atoms with Crippen molar-refractivity contribution in [3.05, 3.63) is 35.0 Å². The van der Waals surface area contributed by atoms with E-state index in [0.29, 0.717) is 31.0 Å². The zero-order valence-corrected chi connectivity index (χ0v) is 12.3. The molecule has 0 amide bonds. The van der Waals surface area contributed by atoms with Crippen LogP contribution < -0.4 is 4.90 Å². The van der Waals surface area contributed by atoms with Crippen LogP contribution in [0, 0.1) is 0 Å². The third-order valence-corrected chi connectivity index (χ3v) is 4.25. The molecule has 1 aromatic heterocycles. The monoisotopic (exact) mass is 306 g/mol. The van der Waals surface area contributed by atoms with E-state index in [-0.39, 0.29) is 6.42 Å². The number of pyridine rings is 1. The van der Waals surface area contributed by atoms with Crippen LogP contribution in [-0.4, -0.2) is 30.5 Å². The lowest BCUT2D eigenvalue weighted by molar-refractivity contribution is -0.107. The molecule has 2 aromatic rings. The summed E-state index contributed by atoms with van der Waals surface area (Å²) in [6, 6.07) is 5.59. The van der Waals surface area contributed by atoms with Crippen molar-refractivity contribution in [3.8, 4) is 0 Å². The predicted octanol–water partition coefficient (Wildman–Crippen LogP) is 3.57. The number of hydrogen-bond donors (Lipinski definition) is 0. The molecule has 1 aliphatic heterocycles. The summed E-state index contributed by atoms with van der Waals surface area (Å²) in [4.78, 5) is 17.5. The number of hydrogen-bond acceptors (Lipinski definition) is 3. The van der Waals surface area contributed by atoms with Crippen molar-refractivity contribution in [1.82, 2.24) is 4.98 Å². The lowest BCUT2D eigenvalue weighted by atomic mass is 10.0. The Morgan fingerprint density at radius 1 is 1.43 bits per heavy atom. The van der Waals surface area contributed by atoms with E-state index in [1.807, 2.05) is 18.2 Å². The normalized spacial score (nSPS) is 16.4. The van der Waals surface area contributed by atoms with E-state index in [2.05, 4.69) is 9.88 Å². The van der Waals surface area contributed by atoms with Gasteiger partial charge in [0.1, 0.15) is 12.5 Å². The van der Waals surface area contributed by atoms with Crippen molar-refractivity contribution in [2.75, 3.05) is 18.0 Å². The van der Waals surface area contributed by atoms with Crippen LogP contribution in [0.25, 0.3) is 10.9 Å². The average Bonchev–Trinajstić information content (AvgIpc) is 2.49.